The fourth-order valence-corrected chi connectivity index (χ4v) is 7.20. The lowest BCUT2D eigenvalue weighted by Crippen LogP contribution is -2.36. The lowest BCUT2D eigenvalue weighted by molar-refractivity contribution is 0.513. The summed E-state index contributed by atoms with van der Waals surface area (Å²) in [5.74, 6) is 1.97. The summed E-state index contributed by atoms with van der Waals surface area (Å²) < 4.78 is 4.62. The number of benzene rings is 5. The minimum Gasteiger partial charge on any atom is -0.361 e. The molecule has 1 N–H and O–H groups in total. The number of fused-ring (bicyclic) bond motifs is 1. The lowest BCUT2D eigenvalue weighted by atomic mass is 9.77. The minimum atomic E-state index is -0.571. The second kappa shape index (κ2) is 13.6. The Morgan fingerprint density at radius 3 is 1.78 bits per heavy atom. The number of hydrogen-bond acceptors (Lipinski definition) is 3. The van der Waals surface area contributed by atoms with Crippen molar-refractivity contribution in [3.8, 4) is 0 Å². The van der Waals surface area contributed by atoms with Crippen LogP contribution in [0.1, 0.15) is 51.6 Å². The molecule has 0 spiro atoms. The Hall–Kier alpha value is -6.01. The Morgan fingerprint density at radius 1 is 0.592 bits per heavy atom. The van der Waals surface area contributed by atoms with Crippen LogP contribution in [0.2, 0.25) is 0 Å². The van der Waals surface area contributed by atoms with Gasteiger partial charge in [-0.15, -0.1) is 10.2 Å². The summed E-state index contributed by atoms with van der Waals surface area (Å²) in [4.78, 5) is 8.42. The summed E-state index contributed by atoms with van der Waals surface area (Å²) in [5.41, 5.74) is 7.65. The number of nitrogens with one attached hydrogen (secondary N) is 1. The van der Waals surface area contributed by atoms with Crippen LogP contribution in [0.5, 0.6) is 0 Å². The van der Waals surface area contributed by atoms with E-state index in [4.69, 9.17) is 15.2 Å². The van der Waals surface area contributed by atoms with E-state index in [1.54, 1.807) is 0 Å². The monoisotopic (exact) mass is 638 g/mol. The molecule has 0 aliphatic carbocycles. The molecule has 0 radical (unpaired) electrons. The second-order valence-corrected chi connectivity index (χ2v) is 12.6. The predicted octanol–water partition coefficient (Wildman–Crippen LogP) is 8.61. The van der Waals surface area contributed by atoms with Gasteiger partial charge in [0.2, 0.25) is 0 Å². The molecule has 0 saturated heterocycles. The molecule has 3 aromatic heterocycles. The molecule has 240 valence electrons. The third-order valence-corrected chi connectivity index (χ3v) is 9.55. The minimum absolute atomic E-state index is 0.571. The van der Waals surface area contributed by atoms with E-state index in [9.17, 15) is 0 Å². The normalized spacial score (nSPS) is 11.7. The summed E-state index contributed by atoms with van der Waals surface area (Å²) in [6, 6.07) is 51.2. The van der Waals surface area contributed by atoms with Gasteiger partial charge in [-0.2, -0.15) is 0 Å². The topological polar surface area (TPSA) is 64.3 Å². The molecule has 6 heteroatoms. The standard InChI is InChI=1S/C43H38N6/c1-5-16-33(17-6-1)28-41-46-47-42(29-34-30-44-40-26-14-13-25-39(34)40)49(41)27-15-24-38-31-48(32-45-38)43(35-18-7-2-8-19-35,36-20-9-3-10-21-36)37-22-11-4-12-23-37/h1-14,16-23,25-26,30-32,44H,15,24,27-29H2. The van der Waals surface area contributed by atoms with Crippen molar-refractivity contribution in [1.82, 2.24) is 29.3 Å². The van der Waals surface area contributed by atoms with Crippen LogP contribution < -0.4 is 0 Å². The molecular weight excluding hydrogens is 601 g/mol. The SMILES string of the molecule is c1ccc(Cc2nnc(Cc3c[nH]c4ccccc34)n2CCCc2cn(C(c3ccccc3)(c3ccccc3)c3ccccc3)cn2)cc1. The Bertz CT molecular complexity index is 2150. The summed E-state index contributed by atoms with van der Waals surface area (Å²) in [6.07, 6.45) is 9.54. The van der Waals surface area contributed by atoms with Gasteiger partial charge in [-0.25, -0.2) is 4.98 Å². The molecule has 0 saturated carbocycles. The molecule has 0 aliphatic rings. The third-order valence-electron chi connectivity index (χ3n) is 9.55. The first-order valence-electron chi connectivity index (χ1n) is 17.0. The van der Waals surface area contributed by atoms with Crippen LogP contribution in [0.4, 0.5) is 0 Å². The third kappa shape index (κ3) is 5.98. The van der Waals surface area contributed by atoms with E-state index in [-0.39, 0.29) is 0 Å². The Labute approximate surface area is 286 Å². The van der Waals surface area contributed by atoms with E-state index in [0.29, 0.717) is 6.42 Å². The first-order chi connectivity index (χ1) is 24.3. The van der Waals surface area contributed by atoms with E-state index in [0.717, 1.165) is 48.7 Å². The summed E-state index contributed by atoms with van der Waals surface area (Å²) in [7, 11) is 0. The number of nitrogens with zero attached hydrogens (tertiary/aromatic N) is 5. The maximum absolute atomic E-state index is 5.00. The fraction of sp³-hybridized carbons (Fsp3) is 0.140. The highest BCUT2D eigenvalue weighted by Crippen LogP contribution is 2.40. The molecule has 0 atom stereocenters. The number of aromatic amines is 1. The highest BCUT2D eigenvalue weighted by molar-refractivity contribution is 5.83. The molecule has 8 rings (SSSR count). The first kappa shape index (κ1) is 30.3. The second-order valence-electron chi connectivity index (χ2n) is 12.6. The fourth-order valence-electron chi connectivity index (χ4n) is 7.20. The van der Waals surface area contributed by atoms with Crippen molar-refractivity contribution >= 4 is 10.9 Å². The maximum Gasteiger partial charge on any atom is 0.137 e. The van der Waals surface area contributed by atoms with Crippen molar-refractivity contribution in [3.63, 3.8) is 0 Å². The van der Waals surface area contributed by atoms with E-state index < -0.39 is 5.54 Å². The summed E-state index contributed by atoms with van der Waals surface area (Å²) in [6.45, 7) is 0.806. The van der Waals surface area contributed by atoms with Crippen LogP contribution in [0.3, 0.4) is 0 Å². The first-order valence-corrected chi connectivity index (χ1v) is 17.0. The van der Waals surface area contributed by atoms with Crippen LogP contribution in [0.15, 0.2) is 164 Å². The molecule has 0 amide bonds. The van der Waals surface area contributed by atoms with E-state index in [1.165, 1.54) is 33.2 Å². The maximum atomic E-state index is 5.00. The summed E-state index contributed by atoms with van der Waals surface area (Å²) >= 11 is 0. The number of aromatic nitrogens is 6. The van der Waals surface area contributed by atoms with Gasteiger partial charge >= 0.3 is 0 Å². The Kier molecular flexibility index (Phi) is 8.43. The quantitative estimate of drug-likeness (QED) is 0.136. The van der Waals surface area contributed by atoms with Crippen molar-refractivity contribution in [2.75, 3.05) is 0 Å². The van der Waals surface area contributed by atoms with Gasteiger partial charge in [0, 0.05) is 42.7 Å². The molecule has 0 fully saturated rings. The van der Waals surface area contributed by atoms with E-state index in [1.807, 2.05) is 6.33 Å². The van der Waals surface area contributed by atoms with E-state index in [2.05, 4.69) is 172 Å². The number of hydrogen-bond donors (Lipinski definition) is 1. The van der Waals surface area contributed by atoms with Crippen molar-refractivity contribution in [2.45, 2.75) is 37.8 Å². The molecule has 6 nitrogen and oxygen atoms in total. The largest absolute Gasteiger partial charge is 0.361 e. The zero-order valence-corrected chi connectivity index (χ0v) is 27.4. The van der Waals surface area contributed by atoms with Crippen LogP contribution in [0.25, 0.3) is 10.9 Å². The van der Waals surface area contributed by atoms with Gasteiger partial charge in [-0.3, -0.25) is 0 Å². The molecule has 0 bridgehead atoms. The molecular formula is C43H38N6. The van der Waals surface area contributed by atoms with Crippen molar-refractivity contribution in [3.05, 3.63) is 209 Å². The molecule has 0 unspecified atom stereocenters. The van der Waals surface area contributed by atoms with Gasteiger partial charge in [-0.1, -0.05) is 140 Å². The van der Waals surface area contributed by atoms with Crippen molar-refractivity contribution < 1.29 is 0 Å². The molecule has 8 aromatic rings. The van der Waals surface area contributed by atoms with Crippen LogP contribution in [-0.4, -0.2) is 29.3 Å². The average molecular weight is 639 g/mol. The van der Waals surface area contributed by atoms with Gasteiger partial charge in [0.1, 0.15) is 17.2 Å². The number of imidazole rings is 1. The van der Waals surface area contributed by atoms with Crippen LogP contribution in [0, 0.1) is 0 Å². The molecule has 3 heterocycles. The lowest BCUT2D eigenvalue weighted by Gasteiger charge is -2.37. The van der Waals surface area contributed by atoms with Gasteiger partial charge in [0.05, 0.1) is 12.0 Å². The highest BCUT2D eigenvalue weighted by atomic mass is 15.3. The Morgan fingerprint density at radius 2 is 1.14 bits per heavy atom. The number of H-pyrrole nitrogens is 1. The average Bonchev–Trinajstić information content (AvgIpc) is 3.91. The summed E-state index contributed by atoms with van der Waals surface area (Å²) in [5, 5.41) is 10.7. The van der Waals surface area contributed by atoms with Gasteiger partial charge in [0.15, 0.2) is 0 Å². The highest BCUT2D eigenvalue weighted by Gasteiger charge is 2.38. The number of rotatable bonds is 12. The molecule has 49 heavy (non-hydrogen) atoms. The Balaban J connectivity index is 1.10. The van der Waals surface area contributed by atoms with Gasteiger partial charge in [-0.05, 0) is 46.7 Å². The van der Waals surface area contributed by atoms with Crippen molar-refractivity contribution in [1.29, 1.82) is 0 Å². The van der Waals surface area contributed by atoms with Crippen LogP contribution >= 0.6 is 0 Å². The smallest absolute Gasteiger partial charge is 0.137 e. The van der Waals surface area contributed by atoms with Crippen LogP contribution in [-0.2, 0) is 31.3 Å². The molecule has 0 aliphatic heterocycles. The zero-order valence-electron chi connectivity index (χ0n) is 27.4. The van der Waals surface area contributed by atoms with Gasteiger partial charge < -0.3 is 14.1 Å². The van der Waals surface area contributed by atoms with Crippen molar-refractivity contribution in [2.24, 2.45) is 0 Å². The number of aryl methyl sites for hydroxylation is 1. The van der Waals surface area contributed by atoms with Gasteiger partial charge in [0.25, 0.3) is 0 Å². The zero-order chi connectivity index (χ0) is 32.9. The predicted molar refractivity (Wildman–Crippen MR) is 196 cm³/mol. The molecule has 5 aromatic carbocycles. The van der Waals surface area contributed by atoms with E-state index >= 15 is 0 Å². The number of para-hydroxylation sites is 1.